The van der Waals surface area contributed by atoms with Crippen LogP contribution < -0.4 is 10.1 Å². The van der Waals surface area contributed by atoms with Crippen molar-refractivity contribution in [3.05, 3.63) is 64.7 Å². The van der Waals surface area contributed by atoms with Crippen molar-refractivity contribution >= 4 is 41.5 Å². The van der Waals surface area contributed by atoms with E-state index in [0.29, 0.717) is 30.0 Å². The molecule has 2 aromatic rings. The Balaban J connectivity index is 0.00000289. The van der Waals surface area contributed by atoms with Crippen LogP contribution in [0.15, 0.2) is 53.5 Å². The van der Waals surface area contributed by atoms with E-state index in [1.807, 2.05) is 37.4 Å². The molecule has 8 heteroatoms. The van der Waals surface area contributed by atoms with Crippen LogP contribution in [0.3, 0.4) is 0 Å². The first-order valence-corrected chi connectivity index (χ1v) is 11.3. The van der Waals surface area contributed by atoms with Gasteiger partial charge in [0.15, 0.2) is 5.96 Å². The summed E-state index contributed by atoms with van der Waals surface area (Å²) in [6.07, 6.45) is 1.17. The van der Waals surface area contributed by atoms with Crippen LogP contribution >= 0.6 is 35.6 Å². The predicted molar refractivity (Wildman–Crippen MR) is 140 cm³/mol. The van der Waals surface area contributed by atoms with E-state index >= 15 is 0 Å². The van der Waals surface area contributed by atoms with E-state index in [-0.39, 0.29) is 24.0 Å². The van der Waals surface area contributed by atoms with Crippen LogP contribution in [-0.4, -0.2) is 68.2 Å². The van der Waals surface area contributed by atoms with Gasteiger partial charge in [-0.2, -0.15) is 0 Å². The summed E-state index contributed by atoms with van der Waals surface area (Å²) in [5.74, 6) is 1.66. The molecule has 2 heterocycles. The van der Waals surface area contributed by atoms with E-state index in [9.17, 15) is 0 Å². The Morgan fingerprint density at radius 1 is 1.09 bits per heavy atom. The first-order chi connectivity index (χ1) is 15.2. The van der Waals surface area contributed by atoms with Crippen LogP contribution in [0.2, 0.25) is 5.02 Å². The third kappa shape index (κ3) is 6.50. The second kappa shape index (κ2) is 12.6. The van der Waals surface area contributed by atoms with Crippen molar-refractivity contribution < 1.29 is 9.47 Å². The average molecular weight is 571 g/mol. The Kier molecular flexibility index (Phi) is 9.90. The van der Waals surface area contributed by atoms with Crippen molar-refractivity contribution in [2.45, 2.75) is 25.6 Å². The molecule has 2 aliphatic heterocycles. The van der Waals surface area contributed by atoms with E-state index in [2.05, 4.69) is 38.3 Å². The van der Waals surface area contributed by atoms with Gasteiger partial charge in [0, 0.05) is 45.8 Å². The number of guanidine groups is 1. The molecule has 0 amide bonds. The third-order valence-corrected chi connectivity index (χ3v) is 6.32. The molecule has 174 valence electrons. The molecular formula is C24H32ClIN4O2. The maximum Gasteiger partial charge on any atom is 0.193 e. The van der Waals surface area contributed by atoms with Gasteiger partial charge in [0.25, 0.3) is 0 Å². The molecule has 2 aliphatic rings. The Hall–Kier alpha value is -1.55. The number of para-hydroxylation sites is 1. The van der Waals surface area contributed by atoms with Crippen molar-refractivity contribution in [3.63, 3.8) is 0 Å². The second-order valence-corrected chi connectivity index (χ2v) is 8.33. The van der Waals surface area contributed by atoms with Gasteiger partial charge in [0.05, 0.1) is 18.2 Å². The van der Waals surface area contributed by atoms with Crippen molar-refractivity contribution in [2.24, 2.45) is 4.99 Å². The predicted octanol–water partition coefficient (Wildman–Crippen LogP) is 4.02. The number of hydrogen-bond acceptors (Lipinski definition) is 4. The number of halogens is 2. The van der Waals surface area contributed by atoms with Crippen LogP contribution in [0, 0.1) is 0 Å². The van der Waals surface area contributed by atoms with Crippen molar-refractivity contribution in [1.29, 1.82) is 0 Å². The number of morpholine rings is 1. The number of ether oxygens (including phenoxy) is 2. The van der Waals surface area contributed by atoms with Crippen LogP contribution in [0.1, 0.15) is 17.5 Å². The topological polar surface area (TPSA) is 49.3 Å². The molecule has 2 fully saturated rings. The molecule has 0 bridgehead atoms. The standard InChI is InChI=1S/C24H31ClN4O2.HI/c1-26-24(29-11-10-21(17-29)28-12-14-30-15-13-28)27-16-19-6-2-3-7-20(19)18-31-23-9-5-4-8-22(23)25;/h2-9,21H,10-18H2,1H3,(H,26,27);1H. The molecule has 2 saturated heterocycles. The van der Waals surface area contributed by atoms with Crippen molar-refractivity contribution in [1.82, 2.24) is 15.1 Å². The highest BCUT2D eigenvalue weighted by Gasteiger charge is 2.30. The highest BCUT2D eigenvalue weighted by atomic mass is 127. The molecule has 2 aromatic carbocycles. The largest absolute Gasteiger partial charge is 0.487 e. The molecule has 4 rings (SSSR count). The van der Waals surface area contributed by atoms with E-state index in [1.54, 1.807) is 0 Å². The zero-order valence-electron chi connectivity index (χ0n) is 18.5. The van der Waals surface area contributed by atoms with Crippen LogP contribution in [-0.2, 0) is 17.9 Å². The highest BCUT2D eigenvalue weighted by molar-refractivity contribution is 14.0. The minimum atomic E-state index is 0. The van der Waals surface area contributed by atoms with Gasteiger partial charge < -0.3 is 19.7 Å². The summed E-state index contributed by atoms with van der Waals surface area (Å²) >= 11 is 6.22. The molecular weight excluding hydrogens is 539 g/mol. The number of aliphatic imine (C=N–C) groups is 1. The molecule has 0 aliphatic carbocycles. The molecule has 32 heavy (non-hydrogen) atoms. The van der Waals surface area contributed by atoms with Gasteiger partial charge in [-0.1, -0.05) is 48.0 Å². The number of benzene rings is 2. The number of likely N-dealkylation sites (tertiary alicyclic amines) is 1. The average Bonchev–Trinajstić information content (AvgIpc) is 3.30. The number of nitrogens with zero attached hydrogens (tertiary/aromatic N) is 3. The van der Waals surface area contributed by atoms with Gasteiger partial charge in [-0.15, -0.1) is 24.0 Å². The Morgan fingerprint density at radius 3 is 2.56 bits per heavy atom. The van der Waals surface area contributed by atoms with E-state index < -0.39 is 0 Å². The second-order valence-electron chi connectivity index (χ2n) is 7.93. The van der Waals surface area contributed by atoms with E-state index in [1.165, 1.54) is 12.0 Å². The molecule has 1 N–H and O–H groups in total. The summed E-state index contributed by atoms with van der Waals surface area (Å²) in [5.41, 5.74) is 2.33. The van der Waals surface area contributed by atoms with Crippen LogP contribution in [0.25, 0.3) is 0 Å². The highest BCUT2D eigenvalue weighted by Crippen LogP contribution is 2.24. The number of nitrogens with one attached hydrogen (secondary N) is 1. The molecule has 0 saturated carbocycles. The fraction of sp³-hybridized carbons (Fsp3) is 0.458. The molecule has 0 spiro atoms. The Morgan fingerprint density at radius 2 is 1.81 bits per heavy atom. The molecule has 6 nitrogen and oxygen atoms in total. The molecule has 1 atom stereocenters. The van der Waals surface area contributed by atoms with E-state index in [0.717, 1.165) is 50.9 Å². The first-order valence-electron chi connectivity index (χ1n) is 11.0. The van der Waals surface area contributed by atoms with Gasteiger partial charge in [0.2, 0.25) is 0 Å². The smallest absolute Gasteiger partial charge is 0.193 e. The quantitative estimate of drug-likeness (QED) is 0.323. The maximum absolute atomic E-state index is 6.22. The lowest BCUT2D eigenvalue weighted by Gasteiger charge is -2.32. The zero-order chi connectivity index (χ0) is 21.5. The van der Waals surface area contributed by atoms with Gasteiger partial charge in [-0.05, 0) is 29.7 Å². The molecule has 0 radical (unpaired) electrons. The Labute approximate surface area is 212 Å². The summed E-state index contributed by atoms with van der Waals surface area (Å²) in [5, 5.41) is 4.18. The van der Waals surface area contributed by atoms with Crippen molar-refractivity contribution in [2.75, 3.05) is 46.4 Å². The minimum absolute atomic E-state index is 0. The summed E-state index contributed by atoms with van der Waals surface area (Å²) in [4.78, 5) is 9.46. The number of rotatable bonds is 6. The summed E-state index contributed by atoms with van der Waals surface area (Å²) < 4.78 is 11.5. The minimum Gasteiger partial charge on any atom is -0.487 e. The summed E-state index contributed by atoms with van der Waals surface area (Å²) in [6, 6.07) is 16.5. The van der Waals surface area contributed by atoms with Gasteiger partial charge in [-0.25, -0.2) is 0 Å². The monoisotopic (exact) mass is 570 g/mol. The van der Waals surface area contributed by atoms with Crippen molar-refractivity contribution in [3.8, 4) is 5.75 Å². The maximum atomic E-state index is 6.22. The summed E-state index contributed by atoms with van der Waals surface area (Å²) in [7, 11) is 1.86. The SMILES string of the molecule is CN=C(NCc1ccccc1COc1ccccc1Cl)N1CCC(N2CCOCC2)C1.I. The lowest BCUT2D eigenvalue weighted by molar-refractivity contribution is 0.0195. The van der Waals surface area contributed by atoms with Gasteiger partial charge in [-0.3, -0.25) is 9.89 Å². The third-order valence-electron chi connectivity index (χ3n) is 6.01. The lowest BCUT2D eigenvalue weighted by atomic mass is 10.1. The fourth-order valence-corrected chi connectivity index (χ4v) is 4.46. The van der Waals surface area contributed by atoms with Crippen LogP contribution in [0.4, 0.5) is 0 Å². The molecule has 0 aromatic heterocycles. The Bertz CT molecular complexity index is 892. The normalized spacial score (nSPS) is 19.5. The lowest BCUT2D eigenvalue weighted by Crippen LogP contribution is -2.46. The molecule has 1 unspecified atom stereocenters. The fourth-order valence-electron chi connectivity index (χ4n) is 4.27. The zero-order valence-corrected chi connectivity index (χ0v) is 21.6. The van der Waals surface area contributed by atoms with E-state index in [4.69, 9.17) is 21.1 Å². The van der Waals surface area contributed by atoms with Gasteiger partial charge >= 0.3 is 0 Å². The first kappa shape index (κ1) is 25.1. The van der Waals surface area contributed by atoms with Crippen LogP contribution in [0.5, 0.6) is 5.75 Å². The number of hydrogen-bond donors (Lipinski definition) is 1. The van der Waals surface area contributed by atoms with Gasteiger partial charge in [0.1, 0.15) is 12.4 Å². The summed E-state index contributed by atoms with van der Waals surface area (Å²) in [6.45, 7) is 6.96.